The molecule has 0 spiro atoms. The van der Waals surface area contributed by atoms with E-state index in [1.807, 2.05) is 13.8 Å². The summed E-state index contributed by atoms with van der Waals surface area (Å²) in [6.07, 6.45) is 2.19. The summed E-state index contributed by atoms with van der Waals surface area (Å²) in [5.74, 6) is 0. The maximum Gasteiger partial charge on any atom is 0.0635 e. The minimum Gasteiger partial charge on any atom is -0.316 e. The Morgan fingerprint density at radius 3 is 1.35 bits per heavy atom. The minimum atomic E-state index is 1.10. The van der Waals surface area contributed by atoms with Crippen LogP contribution < -0.4 is 4.90 Å². The molecular weight excluding hydrogens is 667 g/mol. The summed E-state index contributed by atoms with van der Waals surface area (Å²) in [6, 6.07) is 74.1. The lowest BCUT2D eigenvalue weighted by molar-refractivity contribution is 1.13. The molecule has 0 N–H and O–H groups in total. The molecule has 10 rings (SSSR count). The molecule has 0 atom stereocenters. The van der Waals surface area contributed by atoms with Crippen molar-refractivity contribution in [1.82, 2.24) is 9.13 Å². The van der Waals surface area contributed by atoms with Gasteiger partial charge in [-0.05, 0) is 101 Å². The molecule has 2 heterocycles. The summed E-state index contributed by atoms with van der Waals surface area (Å²) in [5, 5.41) is 3.66. The fraction of sp³-hybridized carbons (Fsp3) is 0.0385. The van der Waals surface area contributed by atoms with Crippen LogP contribution in [0.4, 0.5) is 17.1 Å². The van der Waals surface area contributed by atoms with E-state index in [2.05, 4.69) is 226 Å². The fourth-order valence-electron chi connectivity index (χ4n) is 7.83. The monoisotopic (exact) mass is 707 g/mol. The number of nitrogens with zero attached hydrogens (tertiary/aromatic N) is 3. The Morgan fingerprint density at radius 2 is 0.800 bits per heavy atom. The molecule has 0 aliphatic rings. The number of rotatable bonds is 7. The largest absolute Gasteiger partial charge is 0.316 e. The van der Waals surface area contributed by atoms with Gasteiger partial charge in [0.1, 0.15) is 0 Å². The molecule has 0 aliphatic heterocycles. The number of benzene rings is 8. The molecule has 0 aliphatic carbocycles. The third-order valence-corrected chi connectivity index (χ3v) is 10.4. The van der Waals surface area contributed by atoms with E-state index in [1.165, 1.54) is 55.0 Å². The zero-order chi connectivity index (χ0) is 37.1. The second-order valence-corrected chi connectivity index (χ2v) is 13.4. The van der Waals surface area contributed by atoms with E-state index < -0.39 is 0 Å². The predicted octanol–water partition coefficient (Wildman–Crippen LogP) is 14.6. The van der Waals surface area contributed by atoms with Crippen LogP contribution in [0, 0.1) is 0 Å². The van der Waals surface area contributed by atoms with Crippen molar-refractivity contribution in [1.29, 1.82) is 0 Å². The molecule has 0 bridgehead atoms. The molecule has 0 amide bonds. The first-order valence-corrected chi connectivity index (χ1v) is 19.1. The van der Waals surface area contributed by atoms with Gasteiger partial charge in [0.25, 0.3) is 0 Å². The Bertz CT molecular complexity index is 2750. The van der Waals surface area contributed by atoms with Gasteiger partial charge in [0, 0.05) is 50.8 Å². The molecule has 0 unspecified atom stereocenters. The first-order chi connectivity index (χ1) is 27.3. The van der Waals surface area contributed by atoms with Gasteiger partial charge in [0.05, 0.1) is 16.6 Å². The Balaban J connectivity index is 0.00000195. The number of hydrogen-bond acceptors (Lipinski definition) is 1. The van der Waals surface area contributed by atoms with E-state index in [9.17, 15) is 0 Å². The lowest BCUT2D eigenvalue weighted by atomic mass is 10.0. The number of para-hydroxylation sites is 2. The van der Waals surface area contributed by atoms with Crippen molar-refractivity contribution < 1.29 is 0 Å². The second-order valence-electron chi connectivity index (χ2n) is 13.4. The van der Waals surface area contributed by atoms with Gasteiger partial charge in [-0.2, -0.15) is 0 Å². The lowest BCUT2D eigenvalue weighted by Crippen LogP contribution is -2.10. The zero-order valence-corrected chi connectivity index (χ0v) is 31.0. The van der Waals surface area contributed by atoms with Crippen LogP contribution in [0.25, 0.3) is 66.3 Å². The maximum absolute atomic E-state index is 2.43. The smallest absolute Gasteiger partial charge is 0.0635 e. The van der Waals surface area contributed by atoms with Crippen molar-refractivity contribution in [3.8, 4) is 33.6 Å². The van der Waals surface area contributed by atoms with Gasteiger partial charge < -0.3 is 14.0 Å². The quantitative estimate of drug-likeness (QED) is 0.161. The maximum atomic E-state index is 2.43. The average Bonchev–Trinajstić information content (AvgIpc) is 3.86. The van der Waals surface area contributed by atoms with Crippen LogP contribution in [0.5, 0.6) is 0 Å². The molecular formula is C52H41N3. The number of fused-ring (bicyclic) bond motifs is 5. The van der Waals surface area contributed by atoms with Crippen molar-refractivity contribution >= 4 is 49.8 Å². The molecule has 2 aromatic heterocycles. The lowest BCUT2D eigenvalue weighted by Gasteiger charge is -2.26. The standard InChI is InChI=1S/C50H35N3.C2H6/c1-5-13-36(14-6-1)38-21-25-42(26-22-38)52(43-27-23-39(24-28-43)37-15-7-2-8-16-37)44-29-31-49-47(35-44)45-30-32-48-46(33-34-51(48)40-17-9-3-10-18-40)50(45)53(49)41-19-11-4-12-20-41;1-2/h1-35H;1-2H3. The van der Waals surface area contributed by atoms with Gasteiger partial charge in [-0.25, -0.2) is 0 Å². The first kappa shape index (κ1) is 33.7. The molecule has 264 valence electrons. The van der Waals surface area contributed by atoms with Crippen LogP contribution in [-0.4, -0.2) is 9.13 Å². The van der Waals surface area contributed by atoms with E-state index in [1.54, 1.807) is 0 Å². The third kappa shape index (κ3) is 6.16. The summed E-state index contributed by atoms with van der Waals surface area (Å²) < 4.78 is 4.72. The van der Waals surface area contributed by atoms with Gasteiger partial charge >= 0.3 is 0 Å². The SMILES string of the molecule is CC.c1ccc(-c2ccc(N(c3ccc(-c4ccccc4)cc3)c3ccc4c(c3)c3ccc5c(ccn5-c5ccccc5)c3n4-c3ccccc3)cc2)cc1. The van der Waals surface area contributed by atoms with Crippen molar-refractivity contribution in [3.05, 3.63) is 212 Å². The molecule has 0 saturated heterocycles. The van der Waals surface area contributed by atoms with Crippen LogP contribution in [0.15, 0.2) is 212 Å². The van der Waals surface area contributed by atoms with E-state index in [0.29, 0.717) is 0 Å². The Hall–Kier alpha value is -7.10. The molecule has 0 saturated carbocycles. The van der Waals surface area contributed by atoms with Gasteiger partial charge in [-0.15, -0.1) is 0 Å². The summed E-state index contributed by atoms with van der Waals surface area (Å²) in [7, 11) is 0. The highest BCUT2D eigenvalue weighted by atomic mass is 15.1. The summed E-state index contributed by atoms with van der Waals surface area (Å²) in [5.41, 5.74) is 14.0. The number of aromatic nitrogens is 2. The van der Waals surface area contributed by atoms with Crippen LogP contribution in [0.2, 0.25) is 0 Å². The van der Waals surface area contributed by atoms with E-state index >= 15 is 0 Å². The highest BCUT2D eigenvalue weighted by molar-refractivity contribution is 6.19. The normalized spacial score (nSPS) is 11.1. The topological polar surface area (TPSA) is 13.1 Å². The zero-order valence-electron chi connectivity index (χ0n) is 31.0. The highest BCUT2D eigenvalue weighted by Gasteiger charge is 2.20. The van der Waals surface area contributed by atoms with Gasteiger partial charge in [0.2, 0.25) is 0 Å². The summed E-state index contributed by atoms with van der Waals surface area (Å²) >= 11 is 0. The third-order valence-electron chi connectivity index (χ3n) is 10.4. The highest BCUT2D eigenvalue weighted by Crippen LogP contribution is 2.42. The average molecular weight is 708 g/mol. The van der Waals surface area contributed by atoms with Crippen molar-refractivity contribution in [2.45, 2.75) is 13.8 Å². The molecule has 3 nitrogen and oxygen atoms in total. The molecule has 0 radical (unpaired) electrons. The Morgan fingerprint density at radius 1 is 0.345 bits per heavy atom. The van der Waals surface area contributed by atoms with Crippen molar-refractivity contribution in [2.75, 3.05) is 4.90 Å². The molecule has 8 aromatic carbocycles. The molecule has 0 fully saturated rings. The second kappa shape index (κ2) is 14.7. The van der Waals surface area contributed by atoms with E-state index in [-0.39, 0.29) is 0 Å². The summed E-state index contributed by atoms with van der Waals surface area (Å²) in [6.45, 7) is 4.00. The minimum absolute atomic E-state index is 1.10. The molecule has 55 heavy (non-hydrogen) atoms. The van der Waals surface area contributed by atoms with Gasteiger partial charge in [-0.3, -0.25) is 0 Å². The van der Waals surface area contributed by atoms with Crippen LogP contribution in [0.1, 0.15) is 13.8 Å². The van der Waals surface area contributed by atoms with Crippen LogP contribution in [-0.2, 0) is 0 Å². The summed E-state index contributed by atoms with van der Waals surface area (Å²) in [4.78, 5) is 2.37. The van der Waals surface area contributed by atoms with Crippen molar-refractivity contribution in [3.63, 3.8) is 0 Å². The molecule has 10 aromatic rings. The van der Waals surface area contributed by atoms with Crippen molar-refractivity contribution in [2.24, 2.45) is 0 Å². The predicted molar refractivity (Wildman–Crippen MR) is 235 cm³/mol. The number of hydrogen-bond donors (Lipinski definition) is 0. The molecule has 3 heteroatoms. The number of anilines is 3. The van der Waals surface area contributed by atoms with Crippen LogP contribution >= 0.6 is 0 Å². The van der Waals surface area contributed by atoms with E-state index in [0.717, 1.165) is 28.4 Å². The van der Waals surface area contributed by atoms with E-state index in [4.69, 9.17) is 0 Å². The first-order valence-electron chi connectivity index (χ1n) is 19.1. The van der Waals surface area contributed by atoms with Gasteiger partial charge in [0.15, 0.2) is 0 Å². The Kier molecular flexibility index (Phi) is 9.03. The van der Waals surface area contributed by atoms with Gasteiger partial charge in [-0.1, -0.05) is 141 Å². The van der Waals surface area contributed by atoms with Crippen LogP contribution in [0.3, 0.4) is 0 Å². The fourth-order valence-corrected chi connectivity index (χ4v) is 7.83. The Labute approximate surface area is 322 Å².